The number of hydrogen-bond acceptors (Lipinski definition) is 4. The molecule has 2 aromatic rings. The number of fused-ring (bicyclic) bond motifs is 1. The van der Waals surface area contributed by atoms with Crippen LogP contribution in [-0.4, -0.2) is 41.9 Å². The maximum Gasteiger partial charge on any atom is 0.225 e. The minimum absolute atomic E-state index is 0.00572. The van der Waals surface area contributed by atoms with E-state index < -0.39 is 0 Å². The first-order valence-corrected chi connectivity index (χ1v) is 9.52. The van der Waals surface area contributed by atoms with Crippen LogP contribution >= 0.6 is 0 Å². The normalized spacial score (nSPS) is 20.1. The highest BCUT2D eigenvalue weighted by molar-refractivity contribution is 5.98. The summed E-state index contributed by atoms with van der Waals surface area (Å²) >= 11 is 0. The molecule has 1 aliphatic carbocycles. The second kappa shape index (κ2) is 6.80. The van der Waals surface area contributed by atoms with Crippen molar-refractivity contribution in [2.24, 2.45) is 5.41 Å². The second-order valence-corrected chi connectivity index (χ2v) is 8.37. The maximum absolute atomic E-state index is 12.3. The van der Waals surface area contributed by atoms with Gasteiger partial charge >= 0.3 is 0 Å². The van der Waals surface area contributed by atoms with E-state index in [0.717, 1.165) is 56.4 Å². The largest absolute Gasteiger partial charge is 0.330 e. The Balaban J connectivity index is 1.43. The Morgan fingerprint density at radius 3 is 2.58 bits per heavy atom. The van der Waals surface area contributed by atoms with Gasteiger partial charge in [0.2, 0.25) is 5.95 Å². The van der Waals surface area contributed by atoms with Crippen molar-refractivity contribution >= 4 is 11.7 Å². The third-order valence-corrected chi connectivity index (χ3v) is 5.49. The lowest BCUT2D eigenvalue weighted by atomic mass is 9.76. The average Bonchev–Trinajstić information content (AvgIpc) is 2.62. The van der Waals surface area contributed by atoms with Crippen LogP contribution in [0.25, 0.3) is 0 Å². The van der Waals surface area contributed by atoms with Crippen LogP contribution in [-0.2, 0) is 13.0 Å². The number of carbonyl (C=O) groups is 1. The molecule has 2 heterocycles. The summed E-state index contributed by atoms with van der Waals surface area (Å²) in [6, 6.07) is 10.7. The van der Waals surface area contributed by atoms with E-state index in [1.54, 1.807) is 11.1 Å². The van der Waals surface area contributed by atoms with Gasteiger partial charge in [-0.2, -0.15) is 0 Å². The Morgan fingerprint density at radius 1 is 1.12 bits per heavy atom. The van der Waals surface area contributed by atoms with Gasteiger partial charge in [0.15, 0.2) is 5.78 Å². The molecule has 136 valence electrons. The summed E-state index contributed by atoms with van der Waals surface area (Å²) in [6.07, 6.45) is 3.19. The van der Waals surface area contributed by atoms with Crippen LogP contribution in [0.4, 0.5) is 5.95 Å². The van der Waals surface area contributed by atoms with Crippen LogP contribution in [0, 0.1) is 5.41 Å². The lowest BCUT2D eigenvalue weighted by Crippen LogP contribution is -3.13. The molecule has 4 rings (SSSR count). The van der Waals surface area contributed by atoms with Crippen LogP contribution in [0.5, 0.6) is 0 Å². The van der Waals surface area contributed by atoms with Crippen molar-refractivity contribution < 1.29 is 9.69 Å². The Kier molecular flexibility index (Phi) is 4.49. The Hall–Kier alpha value is -2.27. The molecule has 26 heavy (non-hydrogen) atoms. The summed E-state index contributed by atoms with van der Waals surface area (Å²) in [7, 11) is 0. The van der Waals surface area contributed by atoms with Crippen LogP contribution < -0.4 is 9.80 Å². The van der Waals surface area contributed by atoms with Gasteiger partial charge in [-0.15, -0.1) is 0 Å². The van der Waals surface area contributed by atoms with Gasteiger partial charge in [-0.25, -0.2) is 9.97 Å². The van der Waals surface area contributed by atoms with Gasteiger partial charge < -0.3 is 9.80 Å². The number of carbonyl (C=O) groups excluding carboxylic acids is 1. The number of Topliss-reactive ketones (excluding diaryl/α,β-unsaturated/α-hetero) is 1. The molecule has 2 aliphatic rings. The van der Waals surface area contributed by atoms with Gasteiger partial charge in [-0.05, 0) is 11.8 Å². The van der Waals surface area contributed by atoms with Crippen LogP contribution in [0.2, 0.25) is 0 Å². The molecule has 5 heteroatoms. The number of ketones is 1. The molecule has 0 unspecified atom stereocenters. The number of quaternary nitrogens is 1. The summed E-state index contributed by atoms with van der Waals surface area (Å²) in [4.78, 5) is 25.5. The molecule has 0 saturated carbocycles. The first-order chi connectivity index (χ1) is 12.5. The maximum atomic E-state index is 12.3. The topological polar surface area (TPSA) is 50.5 Å². The summed E-state index contributed by atoms with van der Waals surface area (Å²) in [5.41, 5.74) is 3.03. The molecule has 0 amide bonds. The standard InChI is InChI=1S/C21H26N4O/c1-21(2)12-18-17(19(26)13-21)14-22-20(23-18)25-10-8-24(9-11-25)15-16-6-4-3-5-7-16/h3-7,14H,8-13,15H2,1-2H3/p+1. The molecule has 1 saturated heterocycles. The predicted molar refractivity (Wildman–Crippen MR) is 102 cm³/mol. The fourth-order valence-corrected chi connectivity index (χ4v) is 4.06. The number of anilines is 1. The zero-order chi connectivity index (χ0) is 18.1. The van der Waals surface area contributed by atoms with E-state index in [1.807, 2.05) is 0 Å². The molecular weight excluding hydrogens is 324 g/mol. The highest BCUT2D eigenvalue weighted by Crippen LogP contribution is 2.34. The van der Waals surface area contributed by atoms with Gasteiger partial charge in [-0.3, -0.25) is 4.79 Å². The number of piperazine rings is 1. The van der Waals surface area contributed by atoms with Gasteiger partial charge in [0.1, 0.15) is 6.54 Å². The fraction of sp³-hybridized carbons (Fsp3) is 0.476. The highest BCUT2D eigenvalue weighted by Gasteiger charge is 2.33. The smallest absolute Gasteiger partial charge is 0.225 e. The van der Waals surface area contributed by atoms with E-state index in [1.165, 1.54) is 5.56 Å². The lowest BCUT2D eigenvalue weighted by Gasteiger charge is -2.33. The van der Waals surface area contributed by atoms with E-state index >= 15 is 0 Å². The summed E-state index contributed by atoms with van der Waals surface area (Å²) in [6.45, 7) is 9.43. The van der Waals surface area contributed by atoms with E-state index in [2.05, 4.69) is 54.1 Å². The third kappa shape index (κ3) is 3.63. The molecular formula is C21H27N4O+. The molecule has 1 aromatic heterocycles. The summed E-state index contributed by atoms with van der Waals surface area (Å²) < 4.78 is 0. The Morgan fingerprint density at radius 2 is 1.85 bits per heavy atom. The van der Waals surface area contributed by atoms with Crippen LogP contribution in [0.1, 0.15) is 41.9 Å². The average molecular weight is 351 g/mol. The molecule has 1 aromatic carbocycles. The number of rotatable bonds is 3. The fourth-order valence-electron chi connectivity index (χ4n) is 4.06. The number of nitrogens with one attached hydrogen (secondary N) is 1. The summed E-state index contributed by atoms with van der Waals surface area (Å²) in [5.74, 6) is 0.966. The van der Waals surface area contributed by atoms with Crippen molar-refractivity contribution in [1.82, 2.24) is 9.97 Å². The van der Waals surface area contributed by atoms with Crippen molar-refractivity contribution in [3.8, 4) is 0 Å². The van der Waals surface area contributed by atoms with Crippen molar-refractivity contribution in [2.45, 2.75) is 33.2 Å². The first kappa shape index (κ1) is 17.2. The minimum Gasteiger partial charge on any atom is -0.330 e. The number of hydrogen-bond donors (Lipinski definition) is 1. The molecule has 0 spiro atoms. The van der Waals surface area contributed by atoms with E-state index in [9.17, 15) is 4.79 Å². The van der Waals surface area contributed by atoms with Gasteiger partial charge in [0.05, 0.1) is 37.4 Å². The van der Waals surface area contributed by atoms with Gasteiger partial charge in [0.25, 0.3) is 0 Å². The van der Waals surface area contributed by atoms with E-state index in [0.29, 0.717) is 6.42 Å². The second-order valence-electron chi connectivity index (χ2n) is 8.37. The first-order valence-electron chi connectivity index (χ1n) is 9.52. The van der Waals surface area contributed by atoms with Crippen LogP contribution in [0.3, 0.4) is 0 Å². The van der Waals surface area contributed by atoms with E-state index in [-0.39, 0.29) is 11.2 Å². The van der Waals surface area contributed by atoms with Crippen molar-refractivity contribution in [3.05, 3.63) is 53.3 Å². The highest BCUT2D eigenvalue weighted by atomic mass is 16.1. The monoisotopic (exact) mass is 351 g/mol. The number of aromatic nitrogens is 2. The molecule has 1 N–H and O–H groups in total. The lowest BCUT2D eigenvalue weighted by molar-refractivity contribution is -0.914. The van der Waals surface area contributed by atoms with Crippen molar-refractivity contribution in [1.29, 1.82) is 0 Å². The predicted octanol–water partition coefficient (Wildman–Crippen LogP) is 1.54. The SMILES string of the molecule is CC1(C)CC(=O)c2cnc(N3CC[NH+](Cc4ccccc4)CC3)nc2C1. The van der Waals surface area contributed by atoms with Crippen molar-refractivity contribution in [2.75, 3.05) is 31.1 Å². The zero-order valence-electron chi connectivity index (χ0n) is 15.7. The summed E-state index contributed by atoms with van der Waals surface area (Å²) in [5, 5.41) is 0. The van der Waals surface area contributed by atoms with Crippen LogP contribution in [0.15, 0.2) is 36.5 Å². The molecule has 5 nitrogen and oxygen atoms in total. The third-order valence-electron chi connectivity index (χ3n) is 5.49. The molecule has 0 atom stereocenters. The Labute approximate surface area is 155 Å². The van der Waals surface area contributed by atoms with E-state index in [4.69, 9.17) is 4.98 Å². The van der Waals surface area contributed by atoms with Crippen molar-refractivity contribution in [3.63, 3.8) is 0 Å². The Bertz CT molecular complexity index is 795. The number of nitrogens with zero attached hydrogens (tertiary/aromatic N) is 3. The van der Waals surface area contributed by atoms with Gasteiger partial charge in [-0.1, -0.05) is 44.2 Å². The number of benzene rings is 1. The molecule has 0 bridgehead atoms. The minimum atomic E-state index is -0.00572. The molecule has 0 radical (unpaired) electrons. The quantitative estimate of drug-likeness (QED) is 0.911. The molecule has 1 fully saturated rings. The molecule has 1 aliphatic heterocycles. The van der Waals surface area contributed by atoms with Gasteiger partial charge in [0, 0.05) is 18.2 Å². The zero-order valence-corrected chi connectivity index (χ0v) is 15.7.